The fourth-order valence-electron chi connectivity index (χ4n) is 1.14. The highest BCUT2D eigenvalue weighted by Crippen LogP contribution is 2.07. The van der Waals surface area contributed by atoms with Gasteiger partial charge in [0.25, 0.3) is 0 Å². The zero-order valence-electron chi connectivity index (χ0n) is 9.53. The SMILES string of the molecule is C=CCCCCCNC(C)(C)CC. The van der Waals surface area contributed by atoms with Crippen molar-refractivity contribution >= 4 is 0 Å². The van der Waals surface area contributed by atoms with Crippen molar-refractivity contribution in [3.8, 4) is 0 Å². The number of hydrogen-bond donors (Lipinski definition) is 1. The van der Waals surface area contributed by atoms with E-state index in [1.807, 2.05) is 6.08 Å². The third kappa shape index (κ3) is 8.04. The average Bonchev–Trinajstić information content (AvgIpc) is 2.11. The summed E-state index contributed by atoms with van der Waals surface area (Å²) in [6.45, 7) is 11.6. The molecule has 13 heavy (non-hydrogen) atoms. The van der Waals surface area contributed by atoms with Crippen LogP contribution < -0.4 is 5.32 Å². The summed E-state index contributed by atoms with van der Waals surface area (Å²) in [5.41, 5.74) is 0.318. The molecule has 1 N–H and O–H groups in total. The lowest BCUT2D eigenvalue weighted by Gasteiger charge is -2.24. The first-order chi connectivity index (χ1) is 6.12. The maximum atomic E-state index is 3.72. The highest BCUT2D eigenvalue weighted by Gasteiger charge is 2.11. The molecule has 0 aromatic carbocycles. The Hall–Kier alpha value is -0.300. The molecule has 1 heteroatoms. The summed E-state index contributed by atoms with van der Waals surface area (Å²) < 4.78 is 0. The molecule has 0 radical (unpaired) electrons. The van der Waals surface area contributed by atoms with Crippen LogP contribution in [0.1, 0.15) is 52.9 Å². The van der Waals surface area contributed by atoms with Gasteiger partial charge in [0.15, 0.2) is 0 Å². The van der Waals surface area contributed by atoms with Gasteiger partial charge in [0.05, 0.1) is 0 Å². The van der Waals surface area contributed by atoms with E-state index in [4.69, 9.17) is 0 Å². The van der Waals surface area contributed by atoms with Gasteiger partial charge in [-0.15, -0.1) is 6.58 Å². The minimum Gasteiger partial charge on any atom is -0.312 e. The fraction of sp³-hybridized carbons (Fsp3) is 0.833. The predicted octanol–water partition coefficient (Wildman–Crippen LogP) is 3.51. The molecule has 0 unspecified atom stereocenters. The second-order valence-corrected chi connectivity index (χ2v) is 4.30. The molecule has 0 bridgehead atoms. The van der Waals surface area contributed by atoms with Gasteiger partial charge in [0.1, 0.15) is 0 Å². The molecule has 0 fully saturated rings. The molecule has 0 aromatic rings. The van der Waals surface area contributed by atoms with E-state index in [1.54, 1.807) is 0 Å². The molecule has 0 saturated carbocycles. The van der Waals surface area contributed by atoms with Crippen LogP contribution in [0.25, 0.3) is 0 Å². The van der Waals surface area contributed by atoms with Crippen LogP contribution in [0.2, 0.25) is 0 Å². The second kappa shape index (κ2) is 7.14. The Balaban J connectivity index is 3.20. The molecular weight excluding hydrogens is 158 g/mol. The van der Waals surface area contributed by atoms with Crippen LogP contribution in [-0.4, -0.2) is 12.1 Å². The Labute approximate surface area is 83.6 Å². The van der Waals surface area contributed by atoms with E-state index in [0.717, 1.165) is 13.0 Å². The first-order valence-electron chi connectivity index (χ1n) is 5.48. The van der Waals surface area contributed by atoms with Crippen LogP contribution in [0.3, 0.4) is 0 Å². The lowest BCUT2D eigenvalue weighted by Crippen LogP contribution is -2.38. The number of unbranched alkanes of at least 4 members (excludes halogenated alkanes) is 3. The lowest BCUT2D eigenvalue weighted by atomic mass is 10.0. The van der Waals surface area contributed by atoms with E-state index in [0.29, 0.717) is 5.54 Å². The molecule has 0 aliphatic rings. The molecule has 0 saturated heterocycles. The maximum absolute atomic E-state index is 3.72. The largest absolute Gasteiger partial charge is 0.312 e. The number of hydrogen-bond acceptors (Lipinski definition) is 1. The summed E-state index contributed by atoms with van der Waals surface area (Å²) in [7, 11) is 0. The summed E-state index contributed by atoms with van der Waals surface area (Å²) >= 11 is 0. The Morgan fingerprint density at radius 2 is 1.92 bits per heavy atom. The quantitative estimate of drug-likeness (QED) is 0.448. The normalized spacial score (nSPS) is 11.6. The van der Waals surface area contributed by atoms with Crippen molar-refractivity contribution in [2.24, 2.45) is 0 Å². The smallest absolute Gasteiger partial charge is 0.0122 e. The molecule has 0 aliphatic heterocycles. The van der Waals surface area contributed by atoms with Crippen LogP contribution in [0.15, 0.2) is 12.7 Å². The minimum atomic E-state index is 0.318. The third-order valence-corrected chi connectivity index (χ3v) is 2.57. The molecule has 0 heterocycles. The zero-order chi connectivity index (χ0) is 10.2. The summed E-state index contributed by atoms with van der Waals surface area (Å²) in [4.78, 5) is 0. The predicted molar refractivity (Wildman–Crippen MR) is 61.0 cm³/mol. The second-order valence-electron chi connectivity index (χ2n) is 4.30. The van der Waals surface area contributed by atoms with Gasteiger partial charge in [0, 0.05) is 5.54 Å². The van der Waals surface area contributed by atoms with Gasteiger partial charge in [0.2, 0.25) is 0 Å². The van der Waals surface area contributed by atoms with E-state index in [-0.39, 0.29) is 0 Å². The fourth-order valence-corrected chi connectivity index (χ4v) is 1.14. The van der Waals surface area contributed by atoms with Crippen molar-refractivity contribution in [3.63, 3.8) is 0 Å². The molecule has 0 aromatic heterocycles. The van der Waals surface area contributed by atoms with Gasteiger partial charge in [-0.2, -0.15) is 0 Å². The van der Waals surface area contributed by atoms with Gasteiger partial charge in [-0.1, -0.05) is 19.4 Å². The molecule has 1 nitrogen and oxygen atoms in total. The summed E-state index contributed by atoms with van der Waals surface area (Å²) in [5, 5.41) is 3.56. The van der Waals surface area contributed by atoms with Crippen LogP contribution in [0.5, 0.6) is 0 Å². The van der Waals surface area contributed by atoms with Crippen LogP contribution in [0.4, 0.5) is 0 Å². The molecule has 0 amide bonds. The summed E-state index contributed by atoms with van der Waals surface area (Å²) in [5.74, 6) is 0. The van der Waals surface area contributed by atoms with Crippen LogP contribution in [-0.2, 0) is 0 Å². The third-order valence-electron chi connectivity index (χ3n) is 2.57. The van der Waals surface area contributed by atoms with Gasteiger partial charge in [-0.05, 0) is 46.1 Å². The topological polar surface area (TPSA) is 12.0 Å². The Kier molecular flexibility index (Phi) is 6.97. The first-order valence-corrected chi connectivity index (χ1v) is 5.48. The lowest BCUT2D eigenvalue weighted by molar-refractivity contribution is 0.371. The monoisotopic (exact) mass is 183 g/mol. The van der Waals surface area contributed by atoms with Gasteiger partial charge < -0.3 is 5.32 Å². The highest BCUT2D eigenvalue weighted by atomic mass is 14.9. The standard InChI is InChI=1S/C12H25N/c1-5-7-8-9-10-11-13-12(3,4)6-2/h5,13H,1,6-11H2,2-4H3. The van der Waals surface area contributed by atoms with E-state index in [9.17, 15) is 0 Å². The van der Waals surface area contributed by atoms with Crippen molar-refractivity contribution < 1.29 is 0 Å². The van der Waals surface area contributed by atoms with E-state index >= 15 is 0 Å². The molecule has 0 rings (SSSR count). The van der Waals surface area contributed by atoms with Crippen molar-refractivity contribution in [3.05, 3.63) is 12.7 Å². The van der Waals surface area contributed by atoms with E-state index in [1.165, 1.54) is 25.7 Å². The van der Waals surface area contributed by atoms with Crippen molar-refractivity contribution in [1.82, 2.24) is 5.32 Å². The maximum Gasteiger partial charge on any atom is 0.0122 e. The summed E-state index contributed by atoms with van der Waals surface area (Å²) in [6.07, 6.45) is 8.26. The van der Waals surface area contributed by atoms with Crippen molar-refractivity contribution in [2.45, 2.75) is 58.4 Å². The van der Waals surface area contributed by atoms with Crippen LogP contribution >= 0.6 is 0 Å². The van der Waals surface area contributed by atoms with Gasteiger partial charge in [-0.25, -0.2) is 0 Å². The van der Waals surface area contributed by atoms with E-state index < -0.39 is 0 Å². The molecule has 0 spiro atoms. The number of nitrogens with one attached hydrogen (secondary N) is 1. The Bertz CT molecular complexity index is 127. The molecule has 0 aliphatic carbocycles. The Morgan fingerprint density at radius 1 is 1.23 bits per heavy atom. The molecule has 0 atom stereocenters. The number of allylic oxidation sites excluding steroid dienone is 1. The van der Waals surface area contributed by atoms with Crippen LogP contribution in [0, 0.1) is 0 Å². The minimum absolute atomic E-state index is 0.318. The highest BCUT2D eigenvalue weighted by molar-refractivity contribution is 4.74. The van der Waals surface area contributed by atoms with Crippen molar-refractivity contribution in [2.75, 3.05) is 6.54 Å². The Morgan fingerprint density at radius 3 is 2.46 bits per heavy atom. The van der Waals surface area contributed by atoms with Crippen molar-refractivity contribution in [1.29, 1.82) is 0 Å². The summed E-state index contributed by atoms with van der Waals surface area (Å²) in [6, 6.07) is 0. The average molecular weight is 183 g/mol. The number of rotatable bonds is 8. The molecule has 78 valence electrons. The van der Waals surface area contributed by atoms with Gasteiger partial charge >= 0.3 is 0 Å². The van der Waals surface area contributed by atoms with Gasteiger partial charge in [-0.3, -0.25) is 0 Å². The first kappa shape index (κ1) is 12.7. The van der Waals surface area contributed by atoms with E-state index in [2.05, 4.69) is 32.7 Å². The molecular formula is C12H25N. The zero-order valence-corrected chi connectivity index (χ0v) is 9.53.